The van der Waals surface area contributed by atoms with Gasteiger partial charge in [-0.2, -0.15) is 0 Å². The van der Waals surface area contributed by atoms with Crippen LogP contribution in [0.3, 0.4) is 0 Å². The van der Waals surface area contributed by atoms with Gasteiger partial charge in [-0.25, -0.2) is 0 Å². The number of furan rings is 1. The van der Waals surface area contributed by atoms with Crippen molar-refractivity contribution in [2.45, 2.75) is 70.8 Å². The number of rotatable bonds is 8. The normalized spacial score (nSPS) is 22.7. The van der Waals surface area contributed by atoms with Gasteiger partial charge in [0.25, 0.3) is 0 Å². The molecule has 0 spiro atoms. The minimum Gasteiger partial charge on any atom is -0.457 e. The number of benzene rings is 1. The van der Waals surface area contributed by atoms with Crippen molar-refractivity contribution in [3.63, 3.8) is 0 Å². The average Bonchev–Trinajstić information content (AvgIpc) is 3.18. The standard InChI is InChI=1S/C41H43NO/c1-4-6-7-8-9-10-11-22-34(5-2)42(35-25-26-39-37(29-35)41-30(3)18-12-17-24-40(41)43-39)38-28-32-20-15-16-23-36(32)31-19-13-14-21-33(38)27-31/h6-11,13-17,19-24,26-31,35H,4-5,12,18,25H2,1-3H3. The first-order chi connectivity index (χ1) is 21.2. The van der Waals surface area contributed by atoms with E-state index >= 15 is 0 Å². The van der Waals surface area contributed by atoms with Crippen LogP contribution in [0.1, 0.15) is 87.2 Å². The van der Waals surface area contributed by atoms with Crippen LogP contribution in [0.2, 0.25) is 0 Å². The van der Waals surface area contributed by atoms with E-state index in [1.807, 2.05) is 0 Å². The molecule has 0 saturated heterocycles. The SMILES string of the molecule is CCC=CC=CC=CC=C(CC)N(C1=Cc2ccccc2C2C=CC=CC1=C2)C1C=c2c3c(oc2=CC1)C=CCCC3C. The summed E-state index contributed by atoms with van der Waals surface area (Å²) in [6.45, 7) is 6.78. The van der Waals surface area contributed by atoms with Gasteiger partial charge in [0.05, 0.1) is 6.04 Å². The lowest BCUT2D eigenvalue weighted by Crippen LogP contribution is -2.39. The fourth-order valence-electron chi connectivity index (χ4n) is 6.68. The third-order valence-electron chi connectivity index (χ3n) is 8.85. The van der Waals surface area contributed by atoms with Crippen LogP contribution in [0.5, 0.6) is 0 Å². The van der Waals surface area contributed by atoms with Crippen LogP contribution in [0.25, 0.3) is 24.3 Å². The topological polar surface area (TPSA) is 16.4 Å². The Morgan fingerprint density at radius 3 is 2.74 bits per heavy atom. The summed E-state index contributed by atoms with van der Waals surface area (Å²) >= 11 is 0. The van der Waals surface area contributed by atoms with Crippen LogP contribution >= 0.6 is 0 Å². The Labute approximate surface area is 257 Å². The predicted octanol–water partition coefficient (Wildman–Crippen LogP) is 9.39. The number of fused-ring (bicyclic) bond motifs is 6. The van der Waals surface area contributed by atoms with E-state index in [-0.39, 0.29) is 12.0 Å². The Hall–Kier alpha value is -4.30. The third kappa shape index (κ3) is 6.11. The summed E-state index contributed by atoms with van der Waals surface area (Å²) in [4.78, 5) is 2.60. The molecule has 4 aliphatic rings. The summed E-state index contributed by atoms with van der Waals surface area (Å²) in [6.07, 6.45) is 43.3. The van der Waals surface area contributed by atoms with Crippen LogP contribution in [0, 0.1) is 0 Å². The van der Waals surface area contributed by atoms with Crippen molar-refractivity contribution in [1.82, 2.24) is 4.90 Å². The molecular formula is C41H43NO. The van der Waals surface area contributed by atoms with Crippen molar-refractivity contribution in [2.75, 3.05) is 0 Å². The zero-order valence-corrected chi connectivity index (χ0v) is 25.7. The van der Waals surface area contributed by atoms with Gasteiger partial charge < -0.3 is 9.32 Å². The summed E-state index contributed by atoms with van der Waals surface area (Å²) in [5.74, 6) is 1.76. The van der Waals surface area contributed by atoms with Crippen LogP contribution in [0.15, 0.2) is 125 Å². The molecule has 0 saturated carbocycles. The van der Waals surface area contributed by atoms with E-state index in [9.17, 15) is 0 Å². The maximum atomic E-state index is 6.43. The van der Waals surface area contributed by atoms with Gasteiger partial charge >= 0.3 is 0 Å². The molecule has 43 heavy (non-hydrogen) atoms. The minimum absolute atomic E-state index is 0.164. The second kappa shape index (κ2) is 13.3. The summed E-state index contributed by atoms with van der Waals surface area (Å²) in [5.41, 5.74) is 8.85. The summed E-state index contributed by atoms with van der Waals surface area (Å²) in [6, 6.07) is 9.02. The van der Waals surface area contributed by atoms with E-state index in [1.54, 1.807) is 0 Å². The molecule has 3 unspecified atom stereocenters. The van der Waals surface area contributed by atoms with Crippen LogP contribution in [0.4, 0.5) is 0 Å². The van der Waals surface area contributed by atoms with Crippen molar-refractivity contribution in [3.05, 3.63) is 153 Å². The predicted molar refractivity (Wildman–Crippen MR) is 183 cm³/mol. The van der Waals surface area contributed by atoms with Gasteiger partial charge in [-0.1, -0.05) is 124 Å². The van der Waals surface area contributed by atoms with Gasteiger partial charge in [0.2, 0.25) is 0 Å². The lowest BCUT2D eigenvalue weighted by Gasteiger charge is -2.36. The highest BCUT2D eigenvalue weighted by Gasteiger charge is 2.29. The molecule has 0 radical (unpaired) electrons. The van der Waals surface area contributed by atoms with Crippen molar-refractivity contribution in [2.24, 2.45) is 0 Å². The number of allylic oxidation sites excluding steroid dienone is 14. The lowest BCUT2D eigenvalue weighted by molar-refractivity contribution is 0.378. The second-order valence-electron chi connectivity index (χ2n) is 11.8. The molecule has 2 nitrogen and oxygen atoms in total. The zero-order chi connectivity index (χ0) is 29.6. The van der Waals surface area contributed by atoms with Crippen molar-refractivity contribution >= 4 is 24.3 Å². The number of hydrogen-bond acceptors (Lipinski definition) is 2. The van der Waals surface area contributed by atoms with Gasteiger partial charge in [0.1, 0.15) is 11.2 Å². The molecule has 3 atom stereocenters. The smallest absolute Gasteiger partial charge is 0.131 e. The molecule has 2 heteroatoms. The van der Waals surface area contributed by atoms with Crippen molar-refractivity contribution < 1.29 is 4.42 Å². The van der Waals surface area contributed by atoms with Gasteiger partial charge in [-0.15, -0.1) is 0 Å². The van der Waals surface area contributed by atoms with Gasteiger partial charge in [-0.05, 0) is 79.0 Å². The van der Waals surface area contributed by atoms with E-state index in [2.05, 4.69) is 153 Å². The molecule has 0 aliphatic heterocycles. The highest BCUT2D eigenvalue weighted by Crippen LogP contribution is 2.38. The monoisotopic (exact) mass is 565 g/mol. The van der Waals surface area contributed by atoms with Crippen LogP contribution in [-0.4, -0.2) is 10.9 Å². The average molecular weight is 566 g/mol. The molecule has 2 bridgehead atoms. The molecule has 1 aromatic heterocycles. The molecule has 0 fully saturated rings. The fourth-order valence-corrected chi connectivity index (χ4v) is 6.68. The Morgan fingerprint density at radius 1 is 1.00 bits per heavy atom. The maximum Gasteiger partial charge on any atom is 0.131 e. The van der Waals surface area contributed by atoms with Gasteiger partial charge in [-0.3, -0.25) is 0 Å². The molecule has 6 rings (SSSR count). The lowest BCUT2D eigenvalue weighted by atomic mass is 9.93. The largest absolute Gasteiger partial charge is 0.457 e. The van der Waals surface area contributed by atoms with Crippen LogP contribution < -0.4 is 10.6 Å². The van der Waals surface area contributed by atoms with E-state index in [0.717, 1.165) is 43.3 Å². The van der Waals surface area contributed by atoms with Crippen LogP contribution in [-0.2, 0) is 0 Å². The van der Waals surface area contributed by atoms with E-state index < -0.39 is 0 Å². The Morgan fingerprint density at radius 2 is 1.86 bits per heavy atom. The Balaban J connectivity index is 1.50. The van der Waals surface area contributed by atoms with E-state index in [4.69, 9.17) is 4.42 Å². The van der Waals surface area contributed by atoms with Gasteiger partial charge in [0.15, 0.2) is 0 Å². The molecular weight excluding hydrogens is 522 g/mol. The second-order valence-corrected chi connectivity index (χ2v) is 11.8. The first-order valence-electron chi connectivity index (χ1n) is 16.0. The number of hydrogen-bond donors (Lipinski definition) is 0. The molecule has 1 aromatic carbocycles. The summed E-state index contributed by atoms with van der Waals surface area (Å²) in [7, 11) is 0. The quantitative estimate of drug-likeness (QED) is 0.297. The molecule has 4 aliphatic carbocycles. The Bertz CT molecular complexity index is 1740. The van der Waals surface area contributed by atoms with Crippen molar-refractivity contribution in [1.29, 1.82) is 0 Å². The first kappa shape index (κ1) is 28.8. The Kier molecular flexibility index (Phi) is 8.93. The minimum atomic E-state index is 0.164. The summed E-state index contributed by atoms with van der Waals surface area (Å²) in [5, 5.41) is 1.28. The molecule has 0 N–H and O–H groups in total. The summed E-state index contributed by atoms with van der Waals surface area (Å²) < 4.78 is 6.43. The molecule has 0 amide bonds. The van der Waals surface area contributed by atoms with Crippen molar-refractivity contribution in [3.8, 4) is 0 Å². The molecule has 2 aromatic rings. The highest BCUT2D eigenvalue weighted by molar-refractivity contribution is 5.69. The molecule has 218 valence electrons. The molecule has 1 heterocycles. The third-order valence-corrected chi connectivity index (χ3v) is 8.85. The highest BCUT2D eigenvalue weighted by atomic mass is 16.3. The fraction of sp³-hybridized carbons (Fsp3) is 0.268. The van der Waals surface area contributed by atoms with E-state index in [1.165, 1.54) is 38.9 Å². The number of nitrogens with zero attached hydrogens (tertiary/aromatic N) is 1. The van der Waals surface area contributed by atoms with Gasteiger partial charge in [0, 0.05) is 28.1 Å². The van der Waals surface area contributed by atoms with E-state index in [0.29, 0.717) is 5.92 Å². The maximum absolute atomic E-state index is 6.43. The zero-order valence-electron chi connectivity index (χ0n) is 25.7. The first-order valence-corrected chi connectivity index (χ1v) is 16.0.